The lowest BCUT2D eigenvalue weighted by Gasteiger charge is -2.19. The van der Waals surface area contributed by atoms with E-state index in [1.807, 2.05) is 24.3 Å². The fourth-order valence-corrected chi connectivity index (χ4v) is 2.39. The van der Waals surface area contributed by atoms with E-state index in [9.17, 15) is 4.39 Å². The molecule has 0 amide bonds. The van der Waals surface area contributed by atoms with Gasteiger partial charge in [-0.1, -0.05) is 30.3 Å². The van der Waals surface area contributed by atoms with Gasteiger partial charge in [-0.2, -0.15) is 0 Å². The molecule has 0 aliphatic rings. The summed E-state index contributed by atoms with van der Waals surface area (Å²) in [6, 6.07) is 16.9. The topological polar surface area (TPSA) is 39.7 Å². The summed E-state index contributed by atoms with van der Waals surface area (Å²) >= 11 is 0. The number of benzene rings is 2. The van der Waals surface area contributed by atoms with Gasteiger partial charge in [-0.15, -0.1) is 24.0 Å². The average molecular weight is 456 g/mol. The number of hydrogen-bond acceptors (Lipinski definition) is 2. The van der Waals surface area contributed by atoms with E-state index in [2.05, 4.69) is 39.7 Å². The van der Waals surface area contributed by atoms with Crippen LogP contribution in [0, 0.1) is 5.82 Å². The van der Waals surface area contributed by atoms with Crippen LogP contribution in [0.3, 0.4) is 0 Å². The molecular weight excluding hydrogens is 430 g/mol. The summed E-state index contributed by atoms with van der Waals surface area (Å²) < 4.78 is 13.2. The summed E-state index contributed by atoms with van der Waals surface area (Å²) in [6.07, 6.45) is 0.992. The summed E-state index contributed by atoms with van der Waals surface area (Å²) in [7, 11) is 3.82. The Balaban J connectivity index is 0.00000312. The van der Waals surface area contributed by atoms with Crippen molar-refractivity contribution in [1.29, 1.82) is 0 Å². The number of halogens is 2. The molecule has 0 saturated heterocycles. The van der Waals surface area contributed by atoms with Crippen LogP contribution in [0.1, 0.15) is 12.0 Å². The van der Waals surface area contributed by atoms with E-state index in [0.717, 1.165) is 31.0 Å². The van der Waals surface area contributed by atoms with E-state index in [-0.39, 0.29) is 29.8 Å². The summed E-state index contributed by atoms with van der Waals surface area (Å²) in [5.41, 5.74) is 2.10. The van der Waals surface area contributed by atoms with Crippen LogP contribution in [-0.2, 0) is 6.54 Å². The van der Waals surface area contributed by atoms with Crippen LogP contribution < -0.4 is 15.5 Å². The molecule has 0 heterocycles. The van der Waals surface area contributed by atoms with Gasteiger partial charge in [0.2, 0.25) is 0 Å². The van der Waals surface area contributed by atoms with Crippen molar-refractivity contribution in [3.8, 4) is 0 Å². The first kappa shape index (κ1) is 21.2. The first-order valence-corrected chi connectivity index (χ1v) is 8.14. The molecule has 0 fully saturated rings. The number of hydrogen-bond donors (Lipinski definition) is 2. The van der Waals surface area contributed by atoms with Crippen molar-refractivity contribution < 1.29 is 4.39 Å². The van der Waals surface area contributed by atoms with Crippen molar-refractivity contribution >= 4 is 35.6 Å². The number of anilines is 1. The minimum Gasteiger partial charge on any atom is -0.375 e. The van der Waals surface area contributed by atoms with Crippen molar-refractivity contribution in [2.24, 2.45) is 4.99 Å². The SMILES string of the molecule is CN=C(NCCCN(C)c1ccccc1)NCc1cccc(F)c1.I. The van der Waals surface area contributed by atoms with Crippen molar-refractivity contribution in [2.75, 3.05) is 32.1 Å². The quantitative estimate of drug-likeness (QED) is 0.289. The highest BCUT2D eigenvalue weighted by atomic mass is 127. The van der Waals surface area contributed by atoms with Crippen LogP contribution in [0.15, 0.2) is 59.6 Å². The van der Waals surface area contributed by atoms with Crippen molar-refractivity contribution in [1.82, 2.24) is 10.6 Å². The van der Waals surface area contributed by atoms with Crippen molar-refractivity contribution in [3.05, 3.63) is 66.0 Å². The zero-order chi connectivity index (χ0) is 17.2. The zero-order valence-electron chi connectivity index (χ0n) is 14.7. The lowest BCUT2D eigenvalue weighted by Crippen LogP contribution is -2.38. The molecule has 2 aromatic rings. The number of rotatable bonds is 7. The predicted octanol–water partition coefficient (Wildman–Crippen LogP) is 3.64. The number of nitrogens with zero attached hydrogens (tertiary/aromatic N) is 2. The van der Waals surface area contributed by atoms with E-state index in [1.54, 1.807) is 13.1 Å². The Morgan fingerprint density at radius 2 is 1.84 bits per heavy atom. The molecule has 2 rings (SSSR count). The molecule has 136 valence electrons. The van der Waals surface area contributed by atoms with Gasteiger partial charge >= 0.3 is 0 Å². The Morgan fingerprint density at radius 1 is 1.08 bits per heavy atom. The fraction of sp³-hybridized carbons (Fsp3) is 0.316. The molecule has 0 aromatic heterocycles. The number of nitrogens with one attached hydrogen (secondary N) is 2. The molecule has 0 radical (unpaired) electrons. The molecule has 0 unspecified atom stereocenters. The van der Waals surface area contributed by atoms with E-state index in [1.165, 1.54) is 17.8 Å². The zero-order valence-corrected chi connectivity index (χ0v) is 17.0. The first-order chi connectivity index (χ1) is 11.7. The monoisotopic (exact) mass is 456 g/mol. The van der Waals surface area contributed by atoms with Gasteiger partial charge in [-0.3, -0.25) is 4.99 Å². The van der Waals surface area contributed by atoms with E-state index in [4.69, 9.17) is 0 Å². The molecule has 6 heteroatoms. The highest BCUT2D eigenvalue weighted by Gasteiger charge is 2.01. The Hall–Kier alpha value is -1.83. The van der Waals surface area contributed by atoms with E-state index < -0.39 is 0 Å². The van der Waals surface area contributed by atoms with Crippen molar-refractivity contribution in [2.45, 2.75) is 13.0 Å². The second-order valence-electron chi connectivity index (χ2n) is 5.59. The number of para-hydroxylation sites is 1. The van der Waals surface area contributed by atoms with Crippen molar-refractivity contribution in [3.63, 3.8) is 0 Å². The van der Waals surface area contributed by atoms with E-state index >= 15 is 0 Å². The normalized spacial score (nSPS) is 10.8. The maximum absolute atomic E-state index is 13.2. The Morgan fingerprint density at radius 3 is 2.52 bits per heavy atom. The molecule has 2 aromatic carbocycles. The van der Waals surface area contributed by atoms with Gasteiger partial charge < -0.3 is 15.5 Å². The fourth-order valence-electron chi connectivity index (χ4n) is 2.39. The van der Waals surface area contributed by atoms with Gasteiger partial charge in [0.1, 0.15) is 5.82 Å². The number of guanidine groups is 1. The Kier molecular flexibility index (Phi) is 9.91. The molecule has 25 heavy (non-hydrogen) atoms. The average Bonchev–Trinajstić information content (AvgIpc) is 2.61. The second-order valence-corrected chi connectivity index (χ2v) is 5.59. The molecule has 0 aliphatic heterocycles. The molecule has 0 saturated carbocycles. The lowest BCUT2D eigenvalue weighted by molar-refractivity contribution is 0.624. The summed E-state index contributed by atoms with van der Waals surface area (Å²) in [5, 5.41) is 6.47. The van der Waals surface area contributed by atoms with Crippen LogP contribution >= 0.6 is 24.0 Å². The Bertz CT molecular complexity index is 649. The molecule has 0 bridgehead atoms. The summed E-state index contributed by atoms with van der Waals surface area (Å²) in [6.45, 7) is 2.32. The van der Waals surface area contributed by atoms with Gasteiger partial charge in [0, 0.05) is 39.4 Å². The highest BCUT2D eigenvalue weighted by Crippen LogP contribution is 2.10. The standard InChI is InChI=1S/C19H25FN4.HI/c1-21-19(23-15-16-8-6-9-17(20)14-16)22-12-7-13-24(2)18-10-4-3-5-11-18;/h3-6,8-11,14H,7,12-13,15H2,1-2H3,(H2,21,22,23);1H. The second kappa shape index (κ2) is 11.7. The minimum absolute atomic E-state index is 0. The Labute approximate surface area is 166 Å². The van der Waals surface area contributed by atoms with Gasteiger partial charge in [0.05, 0.1) is 0 Å². The van der Waals surface area contributed by atoms with Crippen LogP contribution in [0.25, 0.3) is 0 Å². The van der Waals surface area contributed by atoms with Crippen LogP contribution in [0.4, 0.5) is 10.1 Å². The minimum atomic E-state index is -0.221. The molecule has 0 aliphatic carbocycles. The maximum Gasteiger partial charge on any atom is 0.191 e. The maximum atomic E-state index is 13.2. The summed E-state index contributed by atoms with van der Waals surface area (Å²) in [5.74, 6) is 0.503. The third kappa shape index (κ3) is 7.72. The third-order valence-electron chi connectivity index (χ3n) is 3.73. The van der Waals surface area contributed by atoms with Crippen LogP contribution in [0.5, 0.6) is 0 Å². The lowest BCUT2D eigenvalue weighted by atomic mass is 10.2. The smallest absolute Gasteiger partial charge is 0.191 e. The summed E-state index contributed by atoms with van der Waals surface area (Å²) in [4.78, 5) is 6.41. The van der Waals surface area contributed by atoms with Gasteiger partial charge in [-0.05, 0) is 36.2 Å². The molecule has 0 spiro atoms. The third-order valence-corrected chi connectivity index (χ3v) is 3.73. The molecule has 0 atom stereocenters. The van der Waals surface area contributed by atoms with Crippen LogP contribution in [0.2, 0.25) is 0 Å². The van der Waals surface area contributed by atoms with Crippen LogP contribution in [-0.4, -0.2) is 33.1 Å². The first-order valence-electron chi connectivity index (χ1n) is 8.14. The molecule has 4 nitrogen and oxygen atoms in total. The van der Waals surface area contributed by atoms with E-state index in [0.29, 0.717) is 6.54 Å². The predicted molar refractivity (Wildman–Crippen MR) is 114 cm³/mol. The number of aliphatic imine (C=N–C) groups is 1. The largest absolute Gasteiger partial charge is 0.375 e. The van der Waals surface area contributed by atoms with Gasteiger partial charge in [0.15, 0.2) is 5.96 Å². The molecular formula is C19H26FIN4. The van der Waals surface area contributed by atoms with Gasteiger partial charge in [0.25, 0.3) is 0 Å². The highest BCUT2D eigenvalue weighted by molar-refractivity contribution is 14.0. The van der Waals surface area contributed by atoms with Gasteiger partial charge in [-0.25, -0.2) is 4.39 Å². The molecule has 2 N–H and O–H groups in total.